The number of nitro benzene ring substituents is 1. The molecule has 2 atom stereocenters. The second kappa shape index (κ2) is 6.64. The first-order chi connectivity index (χ1) is 10.0. The number of hydrogen-bond acceptors (Lipinski definition) is 5. The van der Waals surface area contributed by atoms with E-state index in [1.165, 1.54) is 6.07 Å². The van der Waals surface area contributed by atoms with Gasteiger partial charge in [-0.2, -0.15) is 0 Å². The van der Waals surface area contributed by atoms with Crippen LogP contribution in [0.4, 0.5) is 5.69 Å². The van der Waals surface area contributed by atoms with E-state index in [4.69, 9.17) is 4.74 Å². The second-order valence-corrected chi connectivity index (χ2v) is 5.10. The van der Waals surface area contributed by atoms with Gasteiger partial charge in [-0.1, -0.05) is 12.1 Å². The molecule has 0 radical (unpaired) electrons. The Morgan fingerprint density at radius 2 is 2.29 bits per heavy atom. The van der Waals surface area contributed by atoms with Gasteiger partial charge in [0.05, 0.1) is 23.5 Å². The van der Waals surface area contributed by atoms with E-state index in [0.29, 0.717) is 24.2 Å². The maximum absolute atomic E-state index is 12.1. The zero-order chi connectivity index (χ0) is 15.4. The molecule has 2 N–H and O–H groups in total. The molecule has 7 nitrogen and oxygen atoms in total. The molecule has 1 aromatic carbocycles. The number of nitro groups is 1. The minimum atomic E-state index is -0.432. The average molecular weight is 293 g/mol. The molecule has 1 aliphatic rings. The van der Waals surface area contributed by atoms with Crippen LogP contribution in [0.15, 0.2) is 18.2 Å². The Bertz CT molecular complexity index is 547. The van der Waals surface area contributed by atoms with Crippen molar-refractivity contribution in [1.29, 1.82) is 0 Å². The summed E-state index contributed by atoms with van der Waals surface area (Å²) in [5.41, 5.74) is 1.24. The summed E-state index contributed by atoms with van der Waals surface area (Å²) in [6.45, 7) is 3.03. The molecule has 0 spiro atoms. The van der Waals surface area contributed by atoms with Gasteiger partial charge in [0, 0.05) is 31.8 Å². The van der Waals surface area contributed by atoms with Crippen LogP contribution in [0.1, 0.15) is 11.1 Å². The van der Waals surface area contributed by atoms with E-state index in [2.05, 4.69) is 10.6 Å². The van der Waals surface area contributed by atoms with Crippen molar-refractivity contribution in [2.45, 2.75) is 25.5 Å². The van der Waals surface area contributed by atoms with E-state index >= 15 is 0 Å². The number of carbonyl (C=O) groups is 1. The Kier molecular flexibility index (Phi) is 4.87. The van der Waals surface area contributed by atoms with Crippen LogP contribution in [0.2, 0.25) is 0 Å². The van der Waals surface area contributed by atoms with Crippen molar-refractivity contribution in [3.8, 4) is 0 Å². The summed E-state index contributed by atoms with van der Waals surface area (Å²) < 4.78 is 5.28. The molecule has 1 heterocycles. The van der Waals surface area contributed by atoms with E-state index in [1.54, 1.807) is 26.2 Å². The van der Waals surface area contributed by atoms with Crippen LogP contribution in [0.3, 0.4) is 0 Å². The normalized spacial score (nSPS) is 21.2. The van der Waals surface area contributed by atoms with Crippen LogP contribution in [-0.2, 0) is 16.0 Å². The first-order valence-electron chi connectivity index (χ1n) is 6.78. The first-order valence-corrected chi connectivity index (χ1v) is 6.78. The summed E-state index contributed by atoms with van der Waals surface area (Å²) in [5.74, 6) is -0.158. The smallest absolute Gasteiger partial charge is 0.272 e. The third kappa shape index (κ3) is 3.56. The second-order valence-electron chi connectivity index (χ2n) is 5.10. The van der Waals surface area contributed by atoms with Gasteiger partial charge in [0.25, 0.3) is 5.69 Å². The fourth-order valence-corrected chi connectivity index (χ4v) is 2.54. The molecule has 1 aliphatic heterocycles. The monoisotopic (exact) mass is 293 g/mol. The Balaban J connectivity index is 2.03. The highest BCUT2D eigenvalue weighted by atomic mass is 16.6. The van der Waals surface area contributed by atoms with Gasteiger partial charge in [0.2, 0.25) is 5.91 Å². The molecular weight excluding hydrogens is 274 g/mol. The van der Waals surface area contributed by atoms with Crippen molar-refractivity contribution in [1.82, 2.24) is 10.6 Å². The van der Waals surface area contributed by atoms with Gasteiger partial charge < -0.3 is 15.4 Å². The van der Waals surface area contributed by atoms with Gasteiger partial charge in [-0.05, 0) is 12.5 Å². The van der Waals surface area contributed by atoms with E-state index in [1.807, 2.05) is 0 Å². The number of hydrogen-bond donors (Lipinski definition) is 2. The highest BCUT2D eigenvalue weighted by molar-refractivity contribution is 5.79. The van der Waals surface area contributed by atoms with Crippen molar-refractivity contribution in [2.24, 2.45) is 0 Å². The number of methoxy groups -OCH3 is 1. The fourth-order valence-electron chi connectivity index (χ4n) is 2.54. The minimum absolute atomic E-state index is 0.0394. The molecule has 0 bridgehead atoms. The van der Waals surface area contributed by atoms with Gasteiger partial charge >= 0.3 is 0 Å². The molecule has 7 heteroatoms. The van der Waals surface area contributed by atoms with Gasteiger partial charge in [-0.15, -0.1) is 0 Å². The van der Waals surface area contributed by atoms with Crippen LogP contribution >= 0.6 is 0 Å². The summed E-state index contributed by atoms with van der Waals surface area (Å²) in [6, 6.07) is 4.71. The minimum Gasteiger partial charge on any atom is -0.378 e. The largest absolute Gasteiger partial charge is 0.378 e. The number of amides is 1. The van der Waals surface area contributed by atoms with E-state index in [-0.39, 0.29) is 30.2 Å². The van der Waals surface area contributed by atoms with E-state index in [9.17, 15) is 14.9 Å². The highest BCUT2D eigenvalue weighted by Gasteiger charge is 2.28. The van der Waals surface area contributed by atoms with Crippen molar-refractivity contribution >= 4 is 11.6 Å². The average Bonchev–Trinajstić information content (AvgIpc) is 2.87. The lowest BCUT2D eigenvalue weighted by molar-refractivity contribution is -0.385. The molecular formula is C14H19N3O4. The number of rotatable bonds is 5. The van der Waals surface area contributed by atoms with Crippen molar-refractivity contribution < 1.29 is 14.5 Å². The van der Waals surface area contributed by atoms with Crippen molar-refractivity contribution in [2.75, 3.05) is 20.2 Å². The molecule has 0 aromatic heterocycles. The number of benzene rings is 1. The Labute approximate surface area is 122 Å². The number of ether oxygens (including phenoxy) is 1. The van der Waals surface area contributed by atoms with Gasteiger partial charge in [0.1, 0.15) is 0 Å². The van der Waals surface area contributed by atoms with E-state index < -0.39 is 4.92 Å². The summed E-state index contributed by atoms with van der Waals surface area (Å²) in [4.78, 5) is 22.6. The van der Waals surface area contributed by atoms with Gasteiger partial charge in [-0.25, -0.2) is 0 Å². The molecule has 0 aliphatic carbocycles. The molecule has 2 unspecified atom stereocenters. The topological polar surface area (TPSA) is 93.5 Å². The third-order valence-corrected chi connectivity index (χ3v) is 3.77. The number of nitrogens with one attached hydrogen (secondary N) is 2. The lowest BCUT2D eigenvalue weighted by Crippen LogP contribution is -2.44. The Morgan fingerprint density at radius 3 is 2.95 bits per heavy atom. The SMILES string of the molecule is COC1CNCC1NC(=O)Cc1cccc([N+](=O)[O-])c1C. The summed E-state index contributed by atoms with van der Waals surface area (Å²) in [5, 5.41) is 17.0. The maximum Gasteiger partial charge on any atom is 0.272 e. The predicted molar refractivity (Wildman–Crippen MR) is 77.1 cm³/mol. The maximum atomic E-state index is 12.1. The molecule has 2 rings (SSSR count). The molecule has 1 saturated heterocycles. The number of carbonyl (C=O) groups excluding carboxylic acids is 1. The molecule has 1 amide bonds. The first kappa shape index (κ1) is 15.4. The molecule has 1 aromatic rings. The van der Waals surface area contributed by atoms with Crippen LogP contribution in [0.5, 0.6) is 0 Å². The zero-order valence-electron chi connectivity index (χ0n) is 12.1. The molecule has 114 valence electrons. The van der Waals surface area contributed by atoms with Crippen LogP contribution in [-0.4, -0.2) is 43.2 Å². The van der Waals surface area contributed by atoms with Gasteiger partial charge in [0.15, 0.2) is 0 Å². The van der Waals surface area contributed by atoms with Crippen LogP contribution in [0.25, 0.3) is 0 Å². The lowest BCUT2D eigenvalue weighted by atomic mass is 10.0. The fraction of sp³-hybridized carbons (Fsp3) is 0.500. The lowest BCUT2D eigenvalue weighted by Gasteiger charge is -2.18. The van der Waals surface area contributed by atoms with Crippen LogP contribution < -0.4 is 10.6 Å². The zero-order valence-corrected chi connectivity index (χ0v) is 12.1. The molecule has 1 fully saturated rings. The Morgan fingerprint density at radius 1 is 1.52 bits per heavy atom. The standard InChI is InChI=1S/C14H19N3O4/c1-9-10(4-3-5-12(9)17(19)20)6-14(18)16-11-7-15-8-13(11)21-2/h3-5,11,13,15H,6-8H2,1-2H3,(H,16,18). The molecule has 0 saturated carbocycles. The highest BCUT2D eigenvalue weighted by Crippen LogP contribution is 2.21. The third-order valence-electron chi connectivity index (χ3n) is 3.77. The van der Waals surface area contributed by atoms with Crippen molar-refractivity contribution in [3.05, 3.63) is 39.4 Å². The quantitative estimate of drug-likeness (QED) is 0.611. The number of nitrogens with zero attached hydrogens (tertiary/aromatic N) is 1. The van der Waals surface area contributed by atoms with Crippen LogP contribution in [0, 0.1) is 17.0 Å². The summed E-state index contributed by atoms with van der Waals surface area (Å²) >= 11 is 0. The van der Waals surface area contributed by atoms with Crippen molar-refractivity contribution in [3.63, 3.8) is 0 Å². The van der Waals surface area contributed by atoms with E-state index in [0.717, 1.165) is 0 Å². The predicted octanol–water partition coefficient (Wildman–Crippen LogP) is 0.549. The van der Waals surface area contributed by atoms with Gasteiger partial charge in [-0.3, -0.25) is 14.9 Å². The summed E-state index contributed by atoms with van der Waals surface area (Å²) in [6.07, 6.45) is 0.0839. The summed E-state index contributed by atoms with van der Waals surface area (Å²) in [7, 11) is 1.61. The molecule has 21 heavy (non-hydrogen) atoms. The Hall–Kier alpha value is -1.99.